The largest absolute Gasteiger partial charge is 0.475 e. The summed E-state index contributed by atoms with van der Waals surface area (Å²) in [6.07, 6.45) is 1.61. The normalized spacial score (nSPS) is 11.1. The molecule has 168 valence electrons. The lowest BCUT2D eigenvalue weighted by Crippen LogP contribution is -2.27. The van der Waals surface area contributed by atoms with E-state index in [4.69, 9.17) is 9.47 Å². The Hall–Kier alpha value is -3.43. The molecule has 0 saturated carbocycles. The number of ether oxygens (including phenoxy) is 2. The second-order valence-electron chi connectivity index (χ2n) is 6.86. The Balaban J connectivity index is 1.65. The third kappa shape index (κ3) is 5.83. The summed E-state index contributed by atoms with van der Waals surface area (Å²) in [5.74, 6) is 0.0856. The summed E-state index contributed by atoms with van der Waals surface area (Å²) < 4.78 is 37.5. The first-order chi connectivity index (χ1) is 15.4. The zero-order valence-corrected chi connectivity index (χ0v) is 18.7. The van der Waals surface area contributed by atoms with E-state index in [1.807, 2.05) is 6.07 Å². The first kappa shape index (κ1) is 23.2. The Morgan fingerprint density at radius 1 is 1.03 bits per heavy atom. The summed E-state index contributed by atoms with van der Waals surface area (Å²) in [6.45, 7) is 1.11. The van der Waals surface area contributed by atoms with Gasteiger partial charge < -0.3 is 14.8 Å². The molecule has 32 heavy (non-hydrogen) atoms. The molecule has 3 rings (SSSR count). The number of benzene rings is 2. The summed E-state index contributed by atoms with van der Waals surface area (Å²) in [5, 5.41) is 2.78. The predicted molar refractivity (Wildman–Crippen MR) is 121 cm³/mol. The number of hydrogen-bond donors (Lipinski definition) is 1. The number of nitrogens with one attached hydrogen (secondary N) is 1. The second-order valence-corrected chi connectivity index (χ2v) is 8.83. The number of aromatic nitrogens is 1. The van der Waals surface area contributed by atoms with E-state index in [1.54, 1.807) is 61.8 Å². The molecule has 0 spiro atoms. The topological polar surface area (TPSA) is 97.8 Å². The van der Waals surface area contributed by atoms with Gasteiger partial charge in [0.25, 0.3) is 15.9 Å². The molecule has 8 nitrogen and oxygen atoms in total. The molecule has 0 unspecified atom stereocenters. The maximum atomic E-state index is 13.0. The van der Waals surface area contributed by atoms with Gasteiger partial charge in [-0.15, -0.1) is 0 Å². The van der Waals surface area contributed by atoms with Gasteiger partial charge in [-0.2, -0.15) is 0 Å². The van der Waals surface area contributed by atoms with Crippen LogP contribution in [0, 0.1) is 0 Å². The van der Waals surface area contributed by atoms with Gasteiger partial charge in [-0.1, -0.05) is 30.3 Å². The highest BCUT2D eigenvalue weighted by molar-refractivity contribution is 7.92. The number of rotatable bonds is 10. The molecule has 0 atom stereocenters. The molecule has 0 bridgehead atoms. The highest BCUT2D eigenvalue weighted by Gasteiger charge is 2.22. The Morgan fingerprint density at radius 2 is 1.81 bits per heavy atom. The third-order valence-corrected chi connectivity index (χ3v) is 6.44. The van der Waals surface area contributed by atoms with Crippen LogP contribution in [-0.2, 0) is 21.3 Å². The van der Waals surface area contributed by atoms with Crippen molar-refractivity contribution in [3.8, 4) is 5.88 Å². The molecule has 1 amide bonds. The lowest BCUT2D eigenvalue weighted by molar-refractivity contribution is 0.0950. The van der Waals surface area contributed by atoms with Crippen LogP contribution in [0.25, 0.3) is 0 Å². The van der Waals surface area contributed by atoms with Crippen molar-refractivity contribution in [2.75, 3.05) is 31.7 Å². The van der Waals surface area contributed by atoms with Gasteiger partial charge in [0.15, 0.2) is 0 Å². The van der Waals surface area contributed by atoms with Crippen molar-refractivity contribution in [1.29, 1.82) is 0 Å². The van der Waals surface area contributed by atoms with E-state index in [0.717, 1.165) is 5.56 Å². The van der Waals surface area contributed by atoms with Crippen LogP contribution in [0.15, 0.2) is 77.8 Å². The highest BCUT2D eigenvalue weighted by Crippen LogP contribution is 2.22. The van der Waals surface area contributed by atoms with E-state index < -0.39 is 10.0 Å². The van der Waals surface area contributed by atoms with Crippen LogP contribution < -0.4 is 14.4 Å². The Morgan fingerprint density at radius 3 is 2.50 bits per heavy atom. The average Bonchev–Trinajstić information content (AvgIpc) is 2.83. The summed E-state index contributed by atoms with van der Waals surface area (Å²) >= 11 is 0. The van der Waals surface area contributed by atoms with E-state index in [2.05, 4.69) is 10.3 Å². The molecule has 9 heteroatoms. The molecule has 0 saturated heterocycles. The van der Waals surface area contributed by atoms with E-state index >= 15 is 0 Å². The van der Waals surface area contributed by atoms with Crippen molar-refractivity contribution in [2.24, 2.45) is 0 Å². The van der Waals surface area contributed by atoms with Crippen LogP contribution in [-0.4, -0.2) is 46.7 Å². The van der Waals surface area contributed by atoms with Crippen LogP contribution in [0.5, 0.6) is 5.88 Å². The SMILES string of the molecule is COCCOc1ccc(CNC(=O)c2cccc(S(=O)(=O)N(C)c3ccccc3)c2)cn1. The van der Waals surface area contributed by atoms with Gasteiger partial charge in [0.1, 0.15) is 6.61 Å². The van der Waals surface area contributed by atoms with Gasteiger partial charge in [0.05, 0.1) is 17.2 Å². The van der Waals surface area contributed by atoms with Gasteiger partial charge in [0.2, 0.25) is 5.88 Å². The van der Waals surface area contributed by atoms with E-state index in [1.165, 1.54) is 23.5 Å². The number of carbonyl (C=O) groups excluding carboxylic acids is 1. The monoisotopic (exact) mass is 455 g/mol. The van der Waals surface area contributed by atoms with Crippen LogP contribution in [0.1, 0.15) is 15.9 Å². The number of sulfonamides is 1. The maximum absolute atomic E-state index is 13.0. The molecular weight excluding hydrogens is 430 g/mol. The van der Waals surface area contributed by atoms with Crippen molar-refractivity contribution in [3.63, 3.8) is 0 Å². The highest BCUT2D eigenvalue weighted by atomic mass is 32.2. The summed E-state index contributed by atoms with van der Waals surface area (Å²) in [6, 6.07) is 18.2. The number of carbonyl (C=O) groups is 1. The predicted octanol–water partition coefficient (Wildman–Crippen LogP) is 2.86. The lowest BCUT2D eigenvalue weighted by atomic mass is 10.2. The van der Waals surface area contributed by atoms with E-state index in [0.29, 0.717) is 24.8 Å². The number of anilines is 1. The molecule has 1 heterocycles. The fraction of sp³-hybridized carbons (Fsp3) is 0.217. The maximum Gasteiger partial charge on any atom is 0.264 e. The number of nitrogens with zero attached hydrogens (tertiary/aromatic N) is 2. The molecule has 0 aliphatic heterocycles. The van der Waals surface area contributed by atoms with Crippen molar-refractivity contribution in [3.05, 3.63) is 84.1 Å². The molecule has 1 N–H and O–H groups in total. The van der Waals surface area contributed by atoms with E-state index in [-0.39, 0.29) is 22.9 Å². The number of amides is 1. The number of hydrogen-bond acceptors (Lipinski definition) is 6. The minimum absolute atomic E-state index is 0.0377. The Bertz CT molecular complexity index is 1140. The molecule has 1 aromatic heterocycles. The second kappa shape index (κ2) is 10.7. The Kier molecular flexibility index (Phi) is 7.80. The fourth-order valence-corrected chi connectivity index (χ4v) is 4.09. The number of para-hydroxylation sites is 1. The van der Waals surface area contributed by atoms with Crippen LogP contribution in [0.2, 0.25) is 0 Å². The van der Waals surface area contributed by atoms with Crippen LogP contribution in [0.3, 0.4) is 0 Å². The molecule has 0 aliphatic rings. The number of pyridine rings is 1. The summed E-state index contributed by atoms with van der Waals surface area (Å²) in [7, 11) is -0.737. The van der Waals surface area contributed by atoms with Crippen molar-refractivity contribution < 1.29 is 22.7 Å². The van der Waals surface area contributed by atoms with Crippen LogP contribution >= 0.6 is 0 Å². The average molecular weight is 456 g/mol. The standard InChI is InChI=1S/C23H25N3O5S/c1-26(20-8-4-3-5-9-20)32(28,29)21-10-6-7-19(15-21)23(27)25-17-18-11-12-22(24-16-18)31-14-13-30-2/h3-12,15-16H,13-14,17H2,1-2H3,(H,25,27). The molecular formula is C23H25N3O5S. The third-order valence-electron chi connectivity index (χ3n) is 4.66. The lowest BCUT2D eigenvalue weighted by Gasteiger charge is -2.19. The smallest absolute Gasteiger partial charge is 0.264 e. The van der Waals surface area contributed by atoms with Crippen LogP contribution in [0.4, 0.5) is 5.69 Å². The van der Waals surface area contributed by atoms with Crippen molar-refractivity contribution >= 4 is 21.6 Å². The first-order valence-electron chi connectivity index (χ1n) is 9.91. The molecule has 2 aromatic carbocycles. The number of methoxy groups -OCH3 is 1. The minimum Gasteiger partial charge on any atom is -0.475 e. The minimum atomic E-state index is -3.81. The zero-order valence-electron chi connectivity index (χ0n) is 17.9. The van der Waals surface area contributed by atoms with Gasteiger partial charge >= 0.3 is 0 Å². The van der Waals surface area contributed by atoms with Crippen molar-refractivity contribution in [1.82, 2.24) is 10.3 Å². The first-order valence-corrected chi connectivity index (χ1v) is 11.3. The van der Waals surface area contributed by atoms with Gasteiger partial charge in [-0.05, 0) is 35.9 Å². The van der Waals surface area contributed by atoms with Gasteiger partial charge in [-0.3, -0.25) is 9.10 Å². The van der Waals surface area contributed by atoms with Gasteiger partial charge in [-0.25, -0.2) is 13.4 Å². The molecule has 0 aliphatic carbocycles. The zero-order chi connectivity index (χ0) is 23.0. The van der Waals surface area contributed by atoms with Gasteiger partial charge in [0, 0.05) is 38.5 Å². The summed E-state index contributed by atoms with van der Waals surface area (Å²) in [5.41, 5.74) is 1.56. The molecule has 3 aromatic rings. The molecule has 0 fully saturated rings. The van der Waals surface area contributed by atoms with Crippen molar-refractivity contribution in [2.45, 2.75) is 11.4 Å². The fourth-order valence-electron chi connectivity index (χ4n) is 2.85. The Labute approximate surface area is 187 Å². The quantitative estimate of drug-likeness (QED) is 0.472. The summed E-state index contributed by atoms with van der Waals surface area (Å²) in [4.78, 5) is 16.8. The molecule has 0 radical (unpaired) electrons. The van der Waals surface area contributed by atoms with E-state index in [9.17, 15) is 13.2 Å².